The zero-order valence-electron chi connectivity index (χ0n) is 18.1. The van der Waals surface area contributed by atoms with Gasteiger partial charge in [-0.1, -0.05) is 23.2 Å². The summed E-state index contributed by atoms with van der Waals surface area (Å²) in [4.78, 5) is 43.8. The van der Waals surface area contributed by atoms with E-state index >= 15 is 0 Å². The van der Waals surface area contributed by atoms with Crippen LogP contribution in [0.15, 0.2) is 32.2 Å². The predicted octanol–water partition coefficient (Wildman–Crippen LogP) is 0.775. The Labute approximate surface area is 201 Å². The second kappa shape index (κ2) is 8.29. The van der Waals surface area contributed by atoms with Crippen molar-refractivity contribution in [3.63, 3.8) is 0 Å². The number of fused-ring (bicyclic) bond motifs is 1. The van der Waals surface area contributed by atoms with Gasteiger partial charge < -0.3 is 14.6 Å². The lowest BCUT2D eigenvalue weighted by Gasteiger charge is -2.27. The van der Waals surface area contributed by atoms with Crippen LogP contribution in [0.25, 0.3) is 22.6 Å². The van der Waals surface area contributed by atoms with E-state index in [1.54, 1.807) is 27.7 Å². The minimum Gasteiger partial charge on any atom is -0.419 e. The highest BCUT2D eigenvalue weighted by molar-refractivity contribution is 6.42. The highest BCUT2D eigenvalue weighted by Gasteiger charge is 2.27. The lowest BCUT2D eigenvalue weighted by molar-refractivity contribution is -0.120. The third-order valence-corrected chi connectivity index (χ3v) is 6.31. The number of anilines is 1. The first-order valence-electron chi connectivity index (χ1n) is 10.2. The SMILES string of the molecule is Cn1c(=O)c2c(nc(N3CCNC(=O)C3)n2Cc2nnc(-c3ccc(Cl)c(Cl)c3)o2)n(C)c1=O. The normalized spacial score (nSPS) is 14.1. The summed E-state index contributed by atoms with van der Waals surface area (Å²) in [5.41, 5.74) is -0.0830. The Kier molecular flexibility index (Phi) is 5.41. The Bertz CT molecular complexity index is 1570. The topological polar surface area (TPSA) is 133 Å². The average Bonchev–Trinajstić information content (AvgIpc) is 3.44. The molecule has 12 nitrogen and oxygen atoms in total. The molecule has 4 heterocycles. The molecule has 0 aliphatic carbocycles. The highest BCUT2D eigenvalue weighted by Crippen LogP contribution is 2.28. The van der Waals surface area contributed by atoms with Crippen molar-refractivity contribution in [2.45, 2.75) is 6.54 Å². The monoisotopic (exact) mass is 504 g/mol. The van der Waals surface area contributed by atoms with Crippen LogP contribution in [0.3, 0.4) is 0 Å². The van der Waals surface area contributed by atoms with Gasteiger partial charge in [-0.15, -0.1) is 10.2 Å². The Hall–Kier alpha value is -3.64. The van der Waals surface area contributed by atoms with Gasteiger partial charge in [0.05, 0.1) is 16.6 Å². The number of aryl methyl sites for hydroxylation is 1. The molecule has 4 aromatic rings. The molecule has 0 atom stereocenters. The van der Waals surface area contributed by atoms with Crippen molar-refractivity contribution in [1.29, 1.82) is 0 Å². The van der Waals surface area contributed by atoms with Crippen LogP contribution < -0.4 is 21.5 Å². The first-order chi connectivity index (χ1) is 16.2. The summed E-state index contributed by atoms with van der Waals surface area (Å²) in [7, 11) is 2.92. The molecular weight excluding hydrogens is 487 g/mol. The summed E-state index contributed by atoms with van der Waals surface area (Å²) in [6.07, 6.45) is 0. The second-order valence-electron chi connectivity index (χ2n) is 7.78. The molecule has 1 aromatic carbocycles. The summed E-state index contributed by atoms with van der Waals surface area (Å²) in [6.45, 7) is 0.935. The van der Waals surface area contributed by atoms with E-state index in [9.17, 15) is 14.4 Å². The van der Waals surface area contributed by atoms with Crippen molar-refractivity contribution in [2.24, 2.45) is 14.1 Å². The summed E-state index contributed by atoms with van der Waals surface area (Å²) in [5, 5.41) is 11.7. The number of amides is 1. The van der Waals surface area contributed by atoms with Gasteiger partial charge in [0.25, 0.3) is 5.56 Å². The minimum absolute atomic E-state index is 0.00822. The Balaban J connectivity index is 1.63. The molecule has 3 aromatic heterocycles. The number of carbonyl (C=O) groups excluding carboxylic acids is 1. The molecule has 1 N–H and O–H groups in total. The second-order valence-corrected chi connectivity index (χ2v) is 8.59. The number of carbonyl (C=O) groups is 1. The van der Waals surface area contributed by atoms with E-state index in [1.165, 1.54) is 18.7 Å². The number of rotatable bonds is 4. The number of nitrogens with zero attached hydrogens (tertiary/aromatic N) is 7. The van der Waals surface area contributed by atoms with Gasteiger partial charge in [0.2, 0.25) is 23.6 Å². The van der Waals surface area contributed by atoms with E-state index in [4.69, 9.17) is 27.6 Å². The third kappa shape index (κ3) is 3.64. The van der Waals surface area contributed by atoms with Crippen molar-refractivity contribution in [2.75, 3.05) is 24.5 Å². The number of aromatic nitrogens is 6. The van der Waals surface area contributed by atoms with Crippen molar-refractivity contribution >= 4 is 46.2 Å². The molecule has 14 heteroatoms. The molecule has 5 rings (SSSR count). The van der Waals surface area contributed by atoms with Crippen molar-refractivity contribution < 1.29 is 9.21 Å². The number of imidazole rings is 1. The van der Waals surface area contributed by atoms with Gasteiger partial charge in [0.15, 0.2) is 11.2 Å². The molecule has 1 saturated heterocycles. The standard InChI is InChI=1S/C20H18Cl2N8O4/c1-27-16-15(18(32)28(2)20(27)33)30(19(24-16)29-6-5-23-13(31)8-29)9-14-25-26-17(34-14)10-3-4-11(21)12(22)7-10/h3-4,7H,5-6,8-9H2,1-2H3,(H,23,31). The van der Waals surface area contributed by atoms with Gasteiger partial charge >= 0.3 is 5.69 Å². The molecular formula is C20H18Cl2N8O4. The molecule has 1 aliphatic heterocycles. The largest absolute Gasteiger partial charge is 0.419 e. The number of nitrogens with one attached hydrogen (secondary N) is 1. The van der Waals surface area contributed by atoms with Gasteiger partial charge in [-0.3, -0.25) is 23.3 Å². The van der Waals surface area contributed by atoms with Crippen molar-refractivity contribution in [1.82, 2.24) is 34.2 Å². The zero-order chi connectivity index (χ0) is 24.1. The highest BCUT2D eigenvalue weighted by atomic mass is 35.5. The summed E-state index contributed by atoms with van der Waals surface area (Å²) in [6, 6.07) is 4.93. The number of piperazine rings is 1. The van der Waals surface area contributed by atoms with Gasteiger partial charge in [-0.05, 0) is 18.2 Å². The molecule has 1 amide bonds. The van der Waals surface area contributed by atoms with Gasteiger partial charge in [0, 0.05) is 32.7 Å². The van der Waals surface area contributed by atoms with E-state index < -0.39 is 11.2 Å². The van der Waals surface area contributed by atoms with Gasteiger partial charge in [-0.25, -0.2) is 4.79 Å². The van der Waals surface area contributed by atoms with E-state index in [-0.39, 0.29) is 41.9 Å². The maximum Gasteiger partial charge on any atom is 0.332 e. The molecule has 1 fully saturated rings. The lowest BCUT2D eigenvalue weighted by atomic mass is 10.2. The molecule has 1 aliphatic rings. The van der Waals surface area contributed by atoms with E-state index in [1.807, 2.05) is 0 Å². The van der Waals surface area contributed by atoms with Crippen LogP contribution in [0.1, 0.15) is 5.89 Å². The van der Waals surface area contributed by atoms with Crippen LogP contribution in [0.5, 0.6) is 0 Å². The van der Waals surface area contributed by atoms with Crippen LogP contribution in [0.2, 0.25) is 10.0 Å². The van der Waals surface area contributed by atoms with Crippen molar-refractivity contribution in [3.8, 4) is 11.5 Å². The van der Waals surface area contributed by atoms with Gasteiger partial charge in [-0.2, -0.15) is 4.98 Å². The summed E-state index contributed by atoms with van der Waals surface area (Å²) < 4.78 is 9.70. The maximum absolute atomic E-state index is 13.1. The number of benzene rings is 1. The molecule has 0 radical (unpaired) electrons. The van der Waals surface area contributed by atoms with Gasteiger partial charge in [0.1, 0.15) is 6.54 Å². The quantitative estimate of drug-likeness (QED) is 0.430. The van der Waals surface area contributed by atoms with Crippen LogP contribution >= 0.6 is 23.2 Å². The lowest BCUT2D eigenvalue weighted by Crippen LogP contribution is -2.48. The maximum atomic E-state index is 13.1. The summed E-state index contributed by atoms with van der Waals surface area (Å²) >= 11 is 12.1. The van der Waals surface area contributed by atoms with E-state index in [2.05, 4.69) is 20.5 Å². The van der Waals surface area contributed by atoms with E-state index in [0.717, 1.165) is 4.57 Å². The smallest absolute Gasteiger partial charge is 0.332 e. The first-order valence-corrected chi connectivity index (χ1v) is 11.0. The van der Waals surface area contributed by atoms with Crippen LogP contribution in [-0.2, 0) is 25.4 Å². The minimum atomic E-state index is -0.525. The number of halogens is 2. The number of hydrogen-bond donors (Lipinski definition) is 1. The Morgan fingerprint density at radius 2 is 1.88 bits per heavy atom. The van der Waals surface area contributed by atoms with Crippen LogP contribution in [0.4, 0.5) is 5.95 Å². The third-order valence-electron chi connectivity index (χ3n) is 5.58. The zero-order valence-corrected chi connectivity index (χ0v) is 19.6. The average molecular weight is 505 g/mol. The van der Waals surface area contributed by atoms with Crippen molar-refractivity contribution in [3.05, 3.63) is 55.0 Å². The fourth-order valence-corrected chi connectivity index (χ4v) is 4.13. The molecule has 0 unspecified atom stereocenters. The first kappa shape index (κ1) is 22.2. The fraction of sp³-hybridized carbons (Fsp3) is 0.300. The summed E-state index contributed by atoms with van der Waals surface area (Å²) in [5.74, 6) is 0.583. The molecule has 0 spiro atoms. The Morgan fingerprint density at radius 3 is 2.62 bits per heavy atom. The van der Waals surface area contributed by atoms with Crippen LogP contribution in [-0.4, -0.2) is 54.4 Å². The molecule has 0 saturated carbocycles. The molecule has 0 bridgehead atoms. The fourth-order valence-electron chi connectivity index (χ4n) is 3.83. The molecule has 34 heavy (non-hydrogen) atoms. The molecule has 176 valence electrons. The van der Waals surface area contributed by atoms with E-state index in [0.29, 0.717) is 34.6 Å². The van der Waals surface area contributed by atoms with Crippen LogP contribution in [0, 0.1) is 0 Å². The Morgan fingerprint density at radius 1 is 1.09 bits per heavy atom. The number of hydrogen-bond acceptors (Lipinski definition) is 8. The predicted molar refractivity (Wildman–Crippen MR) is 124 cm³/mol.